The van der Waals surface area contributed by atoms with Gasteiger partial charge in [-0.1, -0.05) is 32.9 Å². The fraction of sp³-hybridized carbons (Fsp3) is 0.571. The Hall–Kier alpha value is -1.02. The summed E-state index contributed by atoms with van der Waals surface area (Å²) in [5, 5.41) is 13.0. The summed E-state index contributed by atoms with van der Waals surface area (Å²) in [6.07, 6.45) is 3.41. The molecule has 90 valence electrons. The fourth-order valence-corrected chi connectivity index (χ4v) is 2.08. The Morgan fingerprint density at radius 3 is 2.25 bits per heavy atom. The van der Waals surface area contributed by atoms with Gasteiger partial charge >= 0.3 is 0 Å². The molecule has 2 nitrogen and oxygen atoms in total. The van der Waals surface area contributed by atoms with E-state index in [-0.39, 0.29) is 5.54 Å². The largest absolute Gasteiger partial charge is 0.508 e. The van der Waals surface area contributed by atoms with Crippen LogP contribution in [0.15, 0.2) is 24.3 Å². The molecule has 1 rings (SSSR count). The molecule has 1 aromatic rings. The molecule has 0 saturated carbocycles. The van der Waals surface area contributed by atoms with Crippen molar-refractivity contribution >= 4 is 0 Å². The second kappa shape index (κ2) is 5.90. The van der Waals surface area contributed by atoms with Crippen molar-refractivity contribution in [2.24, 2.45) is 0 Å². The van der Waals surface area contributed by atoms with Gasteiger partial charge in [-0.3, -0.25) is 0 Å². The Morgan fingerprint density at radius 2 is 1.75 bits per heavy atom. The van der Waals surface area contributed by atoms with Crippen molar-refractivity contribution in [3.05, 3.63) is 29.8 Å². The summed E-state index contributed by atoms with van der Waals surface area (Å²) in [6, 6.07) is 7.45. The summed E-state index contributed by atoms with van der Waals surface area (Å²) in [5.41, 5.74) is 1.38. The van der Waals surface area contributed by atoms with E-state index < -0.39 is 0 Å². The molecule has 0 aromatic heterocycles. The number of aromatic hydroxyl groups is 1. The molecule has 0 aliphatic carbocycles. The smallest absolute Gasteiger partial charge is 0.115 e. The van der Waals surface area contributed by atoms with Gasteiger partial charge < -0.3 is 10.4 Å². The molecule has 0 unspecified atom stereocenters. The number of rotatable bonds is 6. The van der Waals surface area contributed by atoms with Crippen LogP contribution in [0.1, 0.15) is 45.6 Å². The van der Waals surface area contributed by atoms with Gasteiger partial charge in [0.05, 0.1) is 0 Å². The first-order valence-corrected chi connectivity index (χ1v) is 6.18. The number of hydrogen-bond donors (Lipinski definition) is 2. The molecule has 0 bridgehead atoms. The number of phenolic OH excluding ortho intramolecular Hbond substituents is 1. The molecule has 0 saturated heterocycles. The van der Waals surface area contributed by atoms with Crippen LogP contribution in [0.25, 0.3) is 0 Å². The molecule has 0 spiro atoms. The molecule has 0 fully saturated rings. The van der Waals surface area contributed by atoms with Crippen LogP contribution in [0, 0.1) is 0 Å². The van der Waals surface area contributed by atoms with Crippen LogP contribution in [-0.2, 0) is 6.54 Å². The van der Waals surface area contributed by atoms with Gasteiger partial charge in [-0.2, -0.15) is 0 Å². The minimum atomic E-state index is 0.242. The molecule has 0 aliphatic heterocycles. The summed E-state index contributed by atoms with van der Waals surface area (Å²) in [5.74, 6) is 0.342. The second-order valence-corrected chi connectivity index (χ2v) is 4.36. The molecule has 2 N–H and O–H groups in total. The lowest BCUT2D eigenvalue weighted by Crippen LogP contribution is -2.43. The molecular formula is C14H23NO. The third-order valence-corrected chi connectivity index (χ3v) is 3.61. The Morgan fingerprint density at radius 1 is 1.12 bits per heavy atom. The van der Waals surface area contributed by atoms with Gasteiger partial charge in [0.25, 0.3) is 0 Å². The highest BCUT2D eigenvalue weighted by Crippen LogP contribution is 2.20. The normalized spacial score (nSPS) is 11.7. The molecule has 1 aromatic carbocycles. The third-order valence-electron chi connectivity index (χ3n) is 3.61. The highest BCUT2D eigenvalue weighted by molar-refractivity contribution is 5.27. The Bertz CT molecular complexity index is 310. The first-order valence-electron chi connectivity index (χ1n) is 6.18. The van der Waals surface area contributed by atoms with E-state index in [2.05, 4.69) is 26.1 Å². The zero-order chi connectivity index (χ0) is 12.0. The Labute approximate surface area is 98.7 Å². The number of nitrogens with one attached hydrogen (secondary N) is 1. The van der Waals surface area contributed by atoms with E-state index in [1.807, 2.05) is 18.2 Å². The Balaban J connectivity index is 2.62. The standard InChI is InChI=1S/C14H23NO/c1-4-14(5-2,6-3)15-11-12-8-7-9-13(16)10-12/h7-10,15-16H,4-6,11H2,1-3H3. The zero-order valence-electron chi connectivity index (χ0n) is 10.6. The lowest BCUT2D eigenvalue weighted by Gasteiger charge is -2.32. The van der Waals surface area contributed by atoms with Crippen molar-refractivity contribution < 1.29 is 5.11 Å². The van der Waals surface area contributed by atoms with Gasteiger partial charge in [-0.05, 0) is 37.0 Å². The molecular weight excluding hydrogens is 198 g/mol. The minimum absolute atomic E-state index is 0.242. The topological polar surface area (TPSA) is 32.3 Å². The summed E-state index contributed by atoms with van der Waals surface area (Å²) >= 11 is 0. The maximum absolute atomic E-state index is 9.39. The predicted molar refractivity (Wildman–Crippen MR) is 68.6 cm³/mol. The number of hydrogen-bond acceptors (Lipinski definition) is 2. The van der Waals surface area contributed by atoms with E-state index in [0.717, 1.165) is 31.4 Å². The third kappa shape index (κ3) is 3.24. The van der Waals surface area contributed by atoms with Gasteiger partial charge in [-0.15, -0.1) is 0 Å². The molecule has 0 atom stereocenters. The molecule has 0 aliphatic rings. The van der Waals surface area contributed by atoms with Crippen LogP contribution < -0.4 is 5.32 Å². The highest BCUT2D eigenvalue weighted by atomic mass is 16.3. The lowest BCUT2D eigenvalue weighted by molar-refractivity contribution is 0.288. The zero-order valence-corrected chi connectivity index (χ0v) is 10.6. The lowest BCUT2D eigenvalue weighted by atomic mass is 9.89. The monoisotopic (exact) mass is 221 g/mol. The van der Waals surface area contributed by atoms with Crippen LogP contribution in [0.3, 0.4) is 0 Å². The summed E-state index contributed by atoms with van der Waals surface area (Å²) < 4.78 is 0. The fourth-order valence-electron chi connectivity index (χ4n) is 2.08. The average molecular weight is 221 g/mol. The highest BCUT2D eigenvalue weighted by Gasteiger charge is 2.22. The van der Waals surface area contributed by atoms with Crippen molar-refractivity contribution in [2.75, 3.05) is 0 Å². The quantitative estimate of drug-likeness (QED) is 0.771. The first-order chi connectivity index (χ1) is 7.65. The molecule has 0 radical (unpaired) electrons. The summed E-state index contributed by atoms with van der Waals surface area (Å²) in [7, 11) is 0. The van der Waals surface area contributed by atoms with E-state index in [1.165, 1.54) is 0 Å². The van der Waals surface area contributed by atoms with E-state index in [0.29, 0.717) is 5.75 Å². The van der Waals surface area contributed by atoms with Gasteiger partial charge in [0.15, 0.2) is 0 Å². The number of benzene rings is 1. The average Bonchev–Trinajstić information content (AvgIpc) is 2.32. The molecule has 16 heavy (non-hydrogen) atoms. The minimum Gasteiger partial charge on any atom is -0.508 e. The maximum atomic E-state index is 9.39. The van der Waals surface area contributed by atoms with Crippen LogP contribution in [0.2, 0.25) is 0 Å². The summed E-state index contributed by atoms with van der Waals surface area (Å²) in [4.78, 5) is 0. The van der Waals surface area contributed by atoms with Gasteiger partial charge in [0, 0.05) is 12.1 Å². The first kappa shape index (κ1) is 13.0. The van der Waals surface area contributed by atoms with Crippen LogP contribution >= 0.6 is 0 Å². The van der Waals surface area contributed by atoms with E-state index in [1.54, 1.807) is 6.07 Å². The van der Waals surface area contributed by atoms with Gasteiger partial charge in [0.2, 0.25) is 0 Å². The SMILES string of the molecule is CCC(CC)(CC)NCc1cccc(O)c1. The Kier molecular flexibility index (Phi) is 4.81. The van der Waals surface area contributed by atoms with E-state index in [4.69, 9.17) is 0 Å². The van der Waals surface area contributed by atoms with E-state index in [9.17, 15) is 5.11 Å². The van der Waals surface area contributed by atoms with Crippen molar-refractivity contribution in [1.29, 1.82) is 0 Å². The summed E-state index contributed by atoms with van der Waals surface area (Å²) in [6.45, 7) is 7.50. The molecule has 0 heterocycles. The van der Waals surface area contributed by atoms with Crippen molar-refractivity contribution in [1.82, 2.24) is 5.32 Å². The van der Waals surface area contributed by atoms with Gasteiger partial charge in [0.1, 0.15) is 5.75 Å². The predicted octanol–water partition coefficient (Wildman–Crippen LogP) is 3.45. The van der Waals surface area contributed by atoms with Crippen LogP contribution in [0.4, 0.5) is 0 Å². The number of phenols is 1. The van der Waals surface area contributed by atoms with Crippen molar-refractivity contribution in [2.45, 2.75) is 52.1 Å². The van der Waals surface area contributed by atoms with Crippen LogP contribution in [-0.4, -0.2) is 10.6 Å². The van der Waals surface area contributed by atoms with Crippen molar-refractivity contribution in [3.8, 4) is 5.75 Å². The molecule has 0 amide bonds. The van der Waals surface area contributed by atoms with E-state index >= 15 is 0 Å². The maximum Gasteiger partial charge on any atom is 0.115 e. The molecule has 2 heteroatoms. The van der Waals surface area contributed by atoms with Gasteiger partial charge in [-0.25, -0.2) is 0 Å². The second-order valence-electron chi connectivity index (χ2n) is 4.36. The van der Waals surface area contributed by atoms with Crippen LogP contribution in [0.5, 0.6) is 5.75 Å². The van der Waals surface area contributed by atoms with Crippen molar-refractivity contribution in [3.63, 3.8) is 0 Å².